The van der Waals surface area contributed by atoms with E-state index in [2.05, 4.69) is 10.8 Å². The van der Waals surface area contributed by atoms with Crippen molar-refractivity contribution in [2.75, 3.05) is 7.11 Å². The Hall–Kier alpha value is -2.37. The lowest BCUT2D eigenvalue weighted by Gasteiger charge is -2.26. The summed E-state index contributed by atoms with van der Waals surface area (Å²) >= 11 is 0. The fraction of sp³-hybridized carbons (Fsp3) is 0.238. The highest BCUT2D eigenvalue weighted by molar-refractivity contribution is 7.89. The lowest BCUT2D eigenvalue weighted by Crippen LogP contribution is -2.31. The molecule has 26 heavy (non-hydrogen) atoms. The van der Waals surface area contributed by atoms with Gasteiger partial charge in [-0.05, 0) is 65.4 Å². The molecule has 0 fully saturated rings. The first-order valence-electron chi connectivity index (χ1n) is 8.75. The van der Waals surface area contributed by atoms with E-state index >= 15 is 0 Å². The largest absolute Gasteiger partial charge is 0.497 e. The predicted molar refractivity (Wildman–Crippen MR) is 103 cm³/mol. The molecule has 0 bridgehead atoms. The molecule has 0 aliphatic heterocycles. The summed E-state index contributed by atoms with van der Waals surface area (Å²) in [6.45, 7) is 0. The molecule has 0 amide bonds. The molecule has 1 N–H and O–H groups in total. The van der Waals surface area contributed by atoms with Crippen LogP contribution in [-0.4, -0.2) is 15.5 Å². The van der Waals surface area contributed by atoms with Crippen LogP contribution >= 0.6 is 0 Å². The summed E-state index contributed by atoms with van der Waals surface area (Å²) in [5.74, 6) is 0.755. The maximum atomic E-state index is 12.9. The Morgan fingerprint density at radius 3 is 2.62 bits per heavy atom. The van der Waals surface area contributed by atoms with Crippen molar-refractivity contribution in [1.29, 1.82) is 0 Å². The van der Waals surface area contributed by atoms with Gasteiger partial charge in [0.15, 0.2) is 0 Å². The van der Waals surface area contributed by atoms with Gasteiger partial charge < -0.3 is 4.74 Å². The first kappa shape index (κ1) is 17.1. The number of fused-ring (bicyclic) bond motifs is 2. The summed E-state index contributed by atoms with van der Waals surface area (Å²) < 4.78 is 34.0. The fourth-order valence-corrected chi connectivity index (χ4v) is 4.91. The Bertz CT molecular complexity index is 1060. The van der Waals surface area contributed by atoms with Crippen molar-refractivity contribution in [1.82, 2.24) is 4.72 Å². The van der Waals surface area contributed by atoms with Gasteiger partial charge in [0, 0.05) is 6.04 Å². The van der Waals surface area contributed by atoms with Gasteiger partial charge in [-0.3, -0.25) is 0 Å². The first-order valence-corrected chi connectivity index (χ1v) is 10.2. The SMILES string of the molecule is COc1ccc2cc(S(=O)(=O)N[C@H]3CCCc4ccccc43)ccc2c1. The minimum Gasteiger partial charge on any atom is -0.497 e. The Balaban J connectivity index is 1.66. The second kappa shape index (κ2) is 6.74. The summed E-state index contributed by atoms with van der Waals surface area (Å²) in [6, 6.07) is 18.7. The number of methoxy groups -OCH3 is 1. The van der Waals surface area contributed by atoms with Crippen LogP contribution in [0.3, 0.4) is 0 Å². The zero-order valence-electron chi connectivity index (χ0n) is 14.6. The van der Waals surface area contributed by atoms with E-state index in [1.807, 2.05) is 42.5 Å². The molecule has 1 atom stereocenters. The molecule has 0 spiro atoms. The summed E-state index contributed by atoms with van der Waals surface area (Å²) in [4.78, 5) is 0.290. The fourth-order valence-electron chi connectivity index (χ4n) is 3.63. The molecular weight excluding hydrogens is 346 g/mol. The predicted octanol–water partition coefficient (Wildman–Crippen LogP) is 4.20. The number of nitrogens with one attached hydrogen (secondary N) is 1. The van der Waals surface area contributed by atoms with Crippen molar-refractivity contribution in [2.45, 2.75) is 30.2 Å². The van der Waals surface area contributed by atoms with E-state index in [0.29, 0.717) is 4.90 Å². The Morgan fingerprint density at radius 1 is 1.00 bits per heavy atom. The average Bonchev–Trinajstić information content (AvgIpc) is 2.67. The van der Waals surface area contributed by atoms with Crippen LogP contribution in [0, 0.1) is 0 Å². The highest BCUT2D eigenvalue weighted by atomic mass is 32.2. The van der Waals surface area contributed by atoms with Crippen LogP contribution in [0.15, 0.2) is 65.6 Å². The lowest BCUT2D eigenvalue weighted by atomic mass is 9.88. The van der Waals surface area contributed by atoms with Crippen molar-refractivity contribution >= 4 is 20.8 Å². The lowest BCUT2D eigenvalue weighted by molar-refractivity contribution is 0.415. The van der Waals surface area contributed by atoms with Crippen molar-refractivity contribution in [3.63, 3.8) is 0 Å². The quantitative estimate of drug-likeness (QED) is 0.752. The Morgan fingerprint density at radius 2 is 1.77 bits per heavy atom. The second-order valence-electron chi connectivity index (χ2n) is 6.64. The summed E-state index contributed by atoms with van der Waals surface area (Å²) in [5.41, 5.74) is 2.32. The third kappa shape index (κ3) is 3.20. The van der Waals surface area contributed by atoms with Crippen molar-refractivity contribution in [3.8, 4) is 5.75 Å². The molecule has 0 unspecified atom stereocenters. The van der Waals surface area contributed by atoms with Crippen molar-refractivity contribution in [2.24, 2.45) is 0 Å². The minimum atomic E-state index is -3.59. The molecule has 0 saturated heterocycles. The van der Waals surface area contributed by atoms with Crippen molar-refractivity contribution < 1.29 is 13.2 Å². The summed E-state index contributed by atoms with van der Waals surface area (Å²) in [6.07, 6.45) is 2.81. The Kier molecular flexibility index (Phi) is 4.42. The van der Waals surface area contributed by atoms with Gasteiger partial charge in [0.25, 0.3) is 0 Å². The zero-order valence-corrected chi connectivity index (χ0v) is 15.4. The van der Waals surface area contributed by atoms with E-state index < -0.39 is 10.0 Å². The topological polar surface area (TPSA) is 55.4 Å². The number of aryl methyl sites for hydroxylation is 1. The molecule has 134 valence electrons. The van der Waals surface area contributed by atoms with Crippen LogP contribution in [-0.2, 0) is 16.4 Å². The monoisotopic (exact) mass is 367 g/mol. The van der Waals surface area contributed by atoms with Crippen LogP contribution in [0.4, 0.5) is 0 Å². The summed E-state index contributed by atoms with van der Waals surface area (Å²) in [7, 11) is -1.97. The van der Waals surface area contributed by atoms with Crippen LogP contribution in [0.2, 0.25) is 0 Å². The normalized spacial score (nSPS) is 17.0. The van der Waals surface area contributed by atoms with Crippen LogP contribution in [0.1, 0.15) is 30.0 Å². The van der Waals surface area contributed by atoms with E-state index in [4.69, 9.17) is 4.74 Å². The van der Waals surface area contributed by atoms with E-state index in [9.17, 15) is 8.42 Å². The molecule has 3 aromatic carbocycles. The van der Waals surface area contributed by atoms with Gasteiger partial charge in [0.05, 0.1) is 12.0 Å². The highest BCUT2D eigenvalue weighted by Crippen LogP contribution is 2.31. The molecule has 5 heteroatoms. The van der Waals surface area contributed by atoms with Gasteiger partial charge in [-0.1, -0.05) is 36.4 Å². The molecule has 4 nitrogen and oxygen atoms in total. The second-order valence-corrected chi connectivity index (χ2v) is 8.35. The summed E-state index contributed by atoms with van der Waals surface area (Å²) in [5, 5.41) is 1.82. The maximum Gasteiger partial charge on any atom is 0.241 e. The number of hydrogen-bond donors (Lipinski definition) is 1. The van der Waals surface area contributed by atoms with Gasteiger partial charge >= 0.3 is 0 Å². The smallest absolute Gasteiger partial charge is 0.241 e. The maximum absolute atomic E-state index is 12.9. The average molecular weight is 367 g/mol. The molecule has 4 rings (SSSR count). The molecule has 0 radical (unpaired) electrons. The van der Waals surface area contributed by atoms with E-state index in [0.717, 1.165) is 41.3 Å². The third-order valence-corrected chi connectivity index (χ3v) is 6.47. The van der Waals surface area contributed by atoms with Crippen LogP contribution < -0.4 is 9.46 Å². The van der Waals surface area contributed by atoms with E-state index in [-0.39, 0.29) is 6.04 Å². The number of benzene rings is 3. The zero-order chi connectivity index (χ0) is 18.1. The minimum absolute atomic E-state index is 0.170. The number of hydrogen-bond acceptors (Lipinski definition) is 3. The molecule has 3 aromatic rings. The highest BCUT2D eigenvalue weighted by Gasteiger charge is 2.25. The molecular formula is C21H21NO3S. The van der Waals surface area contributed by atoms with Crippen molar-refractivity contribution in [3.05, 3.63) is 71.8 Å². The number of rotatable bonds is 4. The van der Waals surface area contributed by atoms with Crippen LogP contribution in [0.25, 0.3) is 10.8 Å². The number of sulfonamides is 1. The molecule has 1 aliphatic rings. The van der Waals surface area contributed by atoms with E-state index in [1.54, 1.807) is 19.2 Å². The number of ether oxygens (including phenoxy) is 1. The van der Waals surface area contributed by atoms with Gasteiger partial charge in [-0.15, -0.1) is 0 Å². The van der Waals surface area contributed by atoms with Crippen LogP contribution in [0.5, 0.6) is 5.75 Å². The molecule has 1 aliphatic carbocycles. The van der Waals surface area contributed by atoms with Gasteiger partial charge in [0.2, 0.25) is 10.0 Å². The van der Waals surface area contributed by atoms with E-state index in [1.165, 1.54) is 5.56 Å². The third-order valence-electron chi connectivity index (χ3n) is 5.00. The Labute approximate surface area is 153 Å². The van der Waals surface area contributed by atoms with Gasteiger partial charge in [-0.2, -0.15) is 0 Å². The molecule has 0 heterocycles. The van der Waals surface area contributed by atoms with Gasteiger partial charge in [0.1, 0.15) is 5.75 Å². The molecule has 0 aromatic heterocycles. The first-order chi connectivity index (χ1) is 12.6. The van der Waals surface area contributed by atoms with Gasteiger partial charge in [-0.25, -0.2) is 13.1 Å². The molecule has 0 saturated carbocycles. The standard InChI is InChI=1S/C21H21NO3S/c1-25-18-11-9-17-14-19(12-10-16(17)13-18)26(23,24)22-21-8-4-6-15-5-2-3-7-20(15)21/h2-3,5,7,9-14,21-22H,4,6,8H2,1H3/t21-/m0/s1.